The van der Waals surface area contributed by atoms with E-state index in [0.29, 0.717) is 0 Å². The van der Waals surface area contributed by atoms with Crippen LogP contribution in [0.3, 0.4) is 0 Å². The average molecular weight is 449 g/mol. The zero-order valence-corrected chi connectivity index (χ0v) is 18.2. The standard InChI is InChI=1S/C20H35NO10/c1-8(2)28-17-11(7-22)30-19(29-9(3)4)13(15(17)25)21-6-5-10(23)16-14(24)12-18(26)20(12,27)31-16/h8-17,19,21-25,27H,5-7H2,1-4H3. The predicted octanol–water partition coefficient (Wildman–Crippen LogP) is -2.36. The van der Waals surface area contributed by atoms with Crippen molar-refractivity contribution in [2.75, 3.05) is 13.2 Å². The van der Waals surface area contributed by atoms with Gasteiger partial charge in [0.25, 0.3) is 0 Å². The molecule has 1 aliphatic carbocycles. The van der Waals surface area contributed by atoms with Gasteiger partial charge in [0.2, 0.25) is 11.6 Å². The number of aliphatic hydroxyl groups excluding tert-OH is 4. The number of fused-ring (bicyclic) bond motifs is 1. The van der Waals surface area contributed by atoms with Gasteiger partial charge in [-0.1, -0.05) is 0 Å². The van der Waals surface area contributed by atoms with Crippen LogP contribution in [0.2, 0.25) is 0 Å². The number of nitrogens with one attached hydrogen (secondary N) is 1. The molecule has 10 unspecified atom stereocenters. The molecule has 2 saturated heterocycles. The summed E-state index contributed by atoms with van der Waals surface area (Å²) >= 11 is 0. The molecule has 180 valence electrons. The third-order valence-electron chi connectivity index (χ3n) is 5.86. The van der Waals surface area contributed by atoms with Gasteiger partial charge in [0, 0.05) is 0 Å². The quantitative estimate of drug-likeness (QED) is 0.211. The van der Waals surface area contributed by atoms with Crippen LogP contribution >= 0.6 is 0 Å². The van der Waals surface area contributed by atoms with Crippen LogP contribution in [0.1, 0.15) is 34.1 Å². The fourth-order valence-electron chi connectivity index (χ4n) is 4.30. The Balaban J connectivity index is 1.59. The molecule has 0 spiro atoms. The van der Waals surface area contributed by atoms with Gasteiger partial charge in [-0.05, 0) is 40.7 Å². The van der Waals surface area contributed by atoms with Crippen molar-refractivity contribution in [1.82, 2.24) is 5.32 Å². The van der Waals surface area contributed by atoms with Crippen molar-refractivity contribution in [1.29, 1.82) is 0 Å². The van der Waals surface area contributed by atoms with Gasteiger partial charge < -0.3 is 49.8 Å². The summed E-state index contributed by atoms with van der Waals surface area (Å²) in [7, 11) is 0. The van der Waals surface area contributed by atoms with Gasteiger partial charge in [0.1, 0.15) is 30.3 Å². The lowest BCUT2D eigenvalue weighted by molar-refractivity contribution is -0.290. The van der Waals surface area contributed by atoms with E-state index in [1.165, 1.54) is 0 Å². The van der Waals surface area contributed by atoms with Gasteiger partial charge in [-0.2, -0.15) is 0 Å². The van der Waals surface area contributed by atoms with Gasteiger partial charge in [-0.25, -0.2) is 0 Å². The summed E-state index contributed by atoms with van der Waals surface area (Å²) in [5, 5.41) is 54.1. The molecular formula is C20H35NO10. The molecule has 2 heterocycles. The first-order valence-corrected chi connectivity index (χ1v) is 10.8. The Morgan fingerprint density at radius 1 is 1.13 bits per heavy atom. The molecule has 1 saturated carbocycles. The number of Topliss-reactive ketones (excluding diaryl/α,β-unsaturated/α-hetero) is 1. The number of hydrogen-bond acceptors (Lipinski definition) is 11. The maximum atomic E-state index is 11.4. The second-order valence-corrected chi connectivity index (χ2v) is 9.00. The van der Waals surface area contributed by atoms with Crippen molar-refractivity contribution in [3.8, 4) is 0 Å². The normalized spacial score (nSPS) is 43.5. The Bertz CT molecular complexity index is 633. The first-order valence-electron chi connectivity index (χ1n) is 10.8. The molecular weight excluding hydrogens is 414 g/mol. The molecule has 11 heteroatoms. The van der Waals surface area contributed by atoms with E-state index in [4.69, 9.17) is 18.9 Å². The number of rotatable bonds is 10. The summed E-state index contributed by atoms with van der Waals surface area (Å²) in [4.78, 5) is 11.4. The molecule has 0 aromatic rings. The summed E-state index contributed by atoms with van der Waals surface area (Å²) < 4.78 is 22.5. The number of ether oxygens (including phenoxy) is 4. The van der Waals surface area contributed by atoms with Crippen molar-refractivity contribution in [3.05, 3.63) is 0 Å². The van der Waals surface area contributed by atoms with Crippen LogP contribution in [0.15, 0.2) is 0 Å². The third kappa shape index (κ3) is 4.96. The molecule has 0 radical (unpaired) electrons. The van der Waals surface area contributed by atoms with Crippen LogP contribution in [0, 0.1) is 5.92 Å². The number of ketones is 1. The highest BCUT2D eigenvalue weighted by Gasteiger charge is 2.76. The summed E-state index contributed by atoms with van der Waals surface area (Å²) in [6.45, 7) is 7.10. The largest absolute Gasteiger partial charge is 0.394 e. The molecule has 0 aromatic carbocycles. The van der Waals surface area contributed by atoms with E-state index >= 15 is 0 Å². The van der Waals surface area contributed by atoms with E-state index in [2.05, 4.69) is 5.32 Å². The van der Waals surface area contributed by atoms with Gasteiger partial charge in [-0.15, -0.1) is 0 Å². The minimum atomic E-state index is -1.98. The first-order chi connectivity index (χ1) is 14.5. The van der Waals surface area contributed by atoms with Gasteiger partial charge >= 0.3 is 0 Å². The van der Waals surface area contributed by atoms with Crippen LogP contribution in [0.4, 0.5) is 0 Å². The van der Waals surface area contributed by atoms with Gasteiger partial charge in [0.15, 0.2) is 6.29 Å². The van der Waals surface area contributed by atoms with Crippen molar-refractivity contribution < 1.29 is 49.3 Å². The molecule has 3 rings (SSSR count). The molecule has 11 nitrogen and oxygen atoms in total. The molecule has 0 bridgehead atoms. The lowest BCUT2D eigenvalue weighted by Gasteiger charge is -2.45. The third-order valence-corrected chi connectivity index (χ3v) is 5.86. The van der Waals surface area contributed by atoms with Crippen LogP contribution < -0.4 is 5.32 Å². The molecule has 0 aromatic heterocycles. The van der Waals surface area contributed by atoms with Crippen molar-refractivity contribution in [2.24, 2.45) is 5.92 Å². The number of carbonyl (C=O) groups excluding carboxylic acids is 1. The zero-order chi connectivity index (χ0) is 23.1. The van der Waals surface area contributed by atoms with Crippen LogP contribution in [0.25, 0.3) is 0 Å². The highest BCUT2D eigenvalue weighted by molar-refractivity contribution is 6.06. The van der Waals surface area contributed by atoms with Gasteiger partial charge in [0.05, 0.1) is 37.1 Å². The number of hydrogen-bond donors (Lipinski definition) is 6. The second kappa shape index (κ2) is 9.64. The van der Waals surface area contributed by atoms with Crippen molar-refractivity contribution in [3.63, 3.8) is 0 Å². The maximum Gasteiger partial charge on any atom is 0.240 e. The summed E-state index contributed by atoms with van der Waals surface area (Å²) in [5.74, 6) is -3.57. The highest BCUT2D eigenvalue weighted by atomic mass is 16.7. The molecule has 3 fully saturated rings. The Morgan fingerprint density at radius 3 is 2.29 bits per heavy atom. The molecule has 31 heavy (non-hydrogen) atoms. The van der Waals surface area contributed by atoms with Crippen LogP contribution in [0.5, 0.6) is 0 Å². The Morgan fingerprint density at radius 2 is 1.77 bits per heavy atom. The molecule has 10 atom stereocenters. The summed E-state index contributed by atoms with van der Waals surface area (Å²) in [5.41, 5.74) is 0. The van der Waals surface area contributed by atoms with Gasteiger partial charge in [-0.3, -0.25) is 4.79 Å². The monoisotopic (exact) mass is 449 g/mol. The summed E-state index contributed by atoms with van der Waals surface area (Å²) in [6, 6.07) is -0.713. The molecule has 0 amide bonds. The van der Waals surface area contributed by atoms with Crippen molar-refractivity contribution in [2.45, 2.75) is 101 Å². The maximum absolute atomic E-state index is 11.4. The van der Waals surface area contributed by atoms with E-state index in [1.54, 1.807) is 0 Å². The average Bonchev–Trinajstić information content (AvgIpc) is 3.08. The lowest BCUT2D eigenvalue weighted by atomic mass is 9.96. The van der Waals surface area contributed by atoms with E-state index in [0.717, 1.165) is 0 Å². The zero-order valence-electron chi connectivity index (χ0n) is 18.2. The van der Waals surface area contributed by atoms with Crippen molar-refractivity contribution >= 4 is 5.78 Å². The smallest absolute Gasteiger partial charge is 0.240 e. The molecule has 6 N–H and O–H groups in total. The second-order valence-electron chi connectivity index (χ2n) is 9.00. The van der Waals surface area contributed by atoms with E-state index in [9.17, 15) is 30.3 Å². The Kier molecular flexibility index (Phi) is 7.74. The Labute approximate surface area is 181 Å². The topological polar surface area (TPSA) is 167 Å². The molecule has 3 aliphatic rings. The SMILES string of the molecule is CC(C)OC1OC(CO)C(OC(C)C)C(O)C1NCCC(O)C1OC2(O)C(=O)C2C1O. The highest BCUT2D eigenvalue weighted by Crippen LogP contribution is 2.51. The van der Waals surface area contributed by atoms with E-state index in [1.807, 2.05) is 27.7 Å². The fourth-order valence-corrected chi connectivity index (χ4v) is 4.30. The minimum absolute atomic E-state index is 0.107. The minimum Gasteiger partial charge on any atom is -0.394 e. The predicted molar refractivity (Wildman–Crippen MR) is 105 cm³/mol. The summed E-state index contributed by atoms with van der Waals surface area (Å²) in [6.07, 6.45) is -7.29. The number of aliphatic hydroxyl groups is 5. The fraction of sp³-hybridized carbons (Fsp3) is 0.950. The van der Waals surface area contributed by atoms with E-state index in [-0.39, 0.29) is 31.8 Å². The molecule has 2 aliphatic heterocycles. The Hall–Kier alpha value is -0.730. The van der Waals surface area contributed by atoms with Crippen LogP contribution in [-0.2, 0) is 23.7 Å². The first kappa shape index (κ1) is 24.9. The van der Waals surface area contributed by atoms with Crippen LogP contribution in [-0.4, -0.2) is 111 Å². The van der Waals surface area contributed by atoms with E-state index < -0.39 is 66.4 Å². The number of carbonyl (C=O) groups is 1. The lowest BCUT2D eigenvalue weighted by Crippen LogP contribution is -2.65.